The Morgan fingerprint density at radius 2 is 2.07 bits per heavy atom. The fourth-order valence-electron chi connectivity index (χ4n) is 1.58. The van der Waals surface area contributed by atoms with Gasteiger partial charge in [0.1, 0.15) is 0 Å². The zero-order valence-corrected chi connectivity index (χ0v) is 10.5. The monoisotopic (exact) mass is 255 g/mol. The van der Waals surface area contributed by atoms with Crippen LogP contribution in [0.5, 0.6) is 0 Å². The highest BCUT2D eigenvalue weighted by Gasteiger charge is 2.06. The lowest BCUT2D eigenvalue weighted by atomic mass is 9.96. The van der Waals surface area contributed by atoms with Crippen LogP contribution in [-0.2, 0) is 6.42 Å². The number of rotatable bonds is 4. The fraction of sp³-hybridized carbons (Fsp3) is 0.500. The van der Waals surface area contributed by atoms with Crippen LogP contribution < -0.4 is 5.73 Å². The van der Waals surface area contributed by atoms with Crippen LogP contribution in [0, 0.1) is 0 Å². The Kier molecular flexibility index (Phi) is 4.63. The summed E-state index contributed by atoms with van der Waals surface area (Å²) in [5, 5.41) is 0. The molecule has 0 fully saturated rings. The summed E-state index contributed by atoms with van der Waals surface area (Å²) in [4.78, 5) is 0. The van der Waals surface area contributed by atoms with Gasteiger partial charge in [-0.15, -0.1) is 0 Å². The van der Waals surface area contributed by atoms with E-state index in [4.69, 9.17) is 5.73 Å². The summed E-state index contributed by atoms with van der Waals surface area (Å²) in [5.74, 6) is 0.558. The van der Waals surface area contributed by atoms with E-state index in [1.807, 2.05) is 0 Å². The Bertz CT molecular complexity index is 296. The van der Waals surface area contributed by atoms with E-state index in [2.05, 4.69) is 48.0 Å². The maximum absolute atomic E-state index is 5.56. The maximum Gasteiger partial charge on any atom is 0.0180 e. The van der Waals surface area contributed by atoms with Gasteiger partial charge in [-0.25, -0.2) is 0 Å². The summed E-state index contributed by atoms with van der Waals surface area (Å²) in [6.07, 6.45) is 2.14. The lowest BCUT2D eigenvalue weighted by Gasteiger charge is -2.12. The second-order valence-corrected chi connectivity index (χ2v) is 4.64. The molecule has 1 aromatic rings. The zero-order valence-electron chi connectivity index (χ0n) is 8.89. The number of aryl methyl sites for hydroxylation is 1. The van der Waals surface area contributed by atoms with Crippen molar-refractivity contribution in [2.24, 2.45) is 5.73 Å². The van der Waals surface area contributed by atoms with E-state index in [1.54, 1.807) is 0 Å². The SMILES string of the molecule is CCc1cc(Br)cc(C(C)CCN)c1. The molecule has 0 heterocycles. The first-order valence-electron chi connectivity index (χ1n) is 5.16. The van der Waals surface area contributed by atoms with Gasteiger partial charge < -0.3 is 5.73 Å². The fourth-order valence-corrected chi connectivity index (χ4v) is 2.14. The van der Waals surface area contributed by atoms with Crippen molar-refractivity contribution in [2.45, 2.75) is 32.6 Å². The van der Waals surface area contributed by atoms with Gasteiger partial charge in [-0.05, 0) is 48.6 Å². The molecule has 0 aromatic heterocycles. The van der Waals surface area contributed by atoms with Gasteiger partial charge in [0.05, 0.1) is 0 Å². The lowest BCUT2D eigenvalue weighted by Crippen LogP contribution is -2.04. The summed E-state index contributed by atoms with van der Waals surface area (Å²) >= 11 is 3.54. The molecule has 1 aromatic carbocycles. The summed E-state index contributed by atoms with van der Waals surface area (Å²) in [6.45, 7) is 5.17. The topological polar surface area (TPSA) is 26.0 Å². The smallest absolute Gasteiger partial charge is 0.0180 e. The van der Waals surface area contributed by atoms with Crippen molar-refractivity contribution in [3.8, 4) is 0 Å². The lowest BCUT2D eigenvalue weighted by molar-refractivity contribution is 0.689. The minimum atomic E-state index is 0.558. The van der Waals surface area contributed by atoms with Crippen LogP contribution in [0.3, 0.4) is 0 Å². The van der Waals surface area contributed by atoms with Crippen LogP contribution in [0.4, 0.5) is 0 Å². The number of halogens is 1. The Morgan fingerprint density at radius 3 is 2.64 bits per heavy atom. The molecule has 1 atom stereocenters. The normalized spacial score (nSPS) is 12.9. The van der Waals surface area contributed by atoms with Crippen LogP contribution in [0.1, 0.15) is 37.3 Å². The van der Waals surface area contributed by atoms with Gasteiger partial charge in [-0.3, -0.25) is 0 Å². The van der Waals surface area contributed by atoms with Crippen LogP contribution in [0.2, 0.25) is 0 Å². The van der Waals surface area contributed by atoms with E-state index < -0.39 is 0 Å². The van der Waals surface area contributed by atoms with Gasteiger partial charge in [0.15, 0.2) is 0 Å². The van der Waals surface area contributed by atoms with Crippen molar-refractivity contribution < 1.29 is 0 Å². The van der Waals surface area contributed by atoms with E-state index >= 15 is 0 Å². The second-order valence-electron chi connectivity index (χ2n) is 3.72. The highest BCUT2D eigenvalue weighted by atomic mass is 79.9. The molecule has 1 rings (SSSR count). The Morgan fingerprint density at radius 1 is 1.36 bits per heavy atom. The van der Waals surface area contributed by atoms with Gasteiger partial charge in [0.2, 0.25) is 0 Å². The van der Waals surface area contributed by atoms with E-state index in [0.717, 1.165) is 19.4 Å². The summed E-state index contributed by atoms with van der Waals surface area (Å²) in [5.41, 5.74) is 8.34. The first kappa shape index (κ1) is 11.7. The van der Waals surface area contributed by atoms with Gasteiger partial charge in [0, 0.05) is 4.47 Å². The van der Waals surface area contributed by atoms with Gasteiger partial charge >= 0.3 is 0 Å². The third-order valence-corrected chi connectivity index (χ3v) is 3.01. The van der Waals surface area contributed by atoms with Crippen LogP contribution in [-0.4, -0.2) is 6.54 Å². The molecule has 0 aliphatic heterocycles. The van der Waals surface area contributed by atoms with Crippen LogP contribution in [0.25, 0.3) is 0 Å². The van der Waals surface area contributed by atoms with Crippen molar-refractivity contribution in [1.82, 2.24) is 0 Å². The summed E-state index contributed by atoms with van der Waals surface area (Å²) in [6, 6.07) is 6.66. The molecule has 2 N–H and O–H groups in total. The molecular formula is C12H18BrN. The molecule has 0 radical (unpaired) electrons. The molecule has 1 unspecified atom stereocenters. The molecule has 0 saturated heterocycles. The Labute approximate surface area is 94.8 Å². The van der Waals surface area contributed by atoms with Crippen LogP contribution >= 0.6 is 15.9 Å². The first-order chi connectivity index (χ1) is 6.67. The van der Waals surface area contributed by atoms with Crippen molar-refractivity contribution >= 4 is 15.9 Å². The van der Waals surface area contributed by atoms with Gasteiger partial charge in [-0.2, -0.15) is 0 Å². The predicted octanol–water partition coefficient (Wildman–Crippen LogP) is 3.46. The zero-order chi connectivity index (χ0) is 10.6. The highest BCUT2D eigenvalue weighted by Crippen LogP contribution is 2.24. The number of nitrogens with two attached hydrogens (primary N) is 1. The van der Waals surface area contributed by atoms with Crippen molar-refractivity contribution in [2.75, 3.05) is 6.54 Å². The van der Waals surface area contributed by atoms with E-state index in [0.29, 0.717) is 5.92 Å². The Hall–Kier alpha value is -0.340. The molecule has 78 valence electrons. The van der Waals surface area contributed by atoms with Crippen molar-refractivity contribution in [3.05, 3.63) is 33.8 Å². The van der Waals surface area contributed by atoms with Gasteiger partial charge in [-0.1, -0.05) is 35.8 Å². The highest BCUT2D eigenvalue weighted by molar-refractivity contribution is 9.10. The molecule has 14 heavy (non-hydrogen) atoms. The standard InChI is InChI=1S/C12H18BrN/c1-3-10-6-11(8-12(13)7-10)9(2)4-5-14/h6-9H,3-5,14H2,1-2H3. The second kappa shape index (κ2) is 5.52. The van der Waals surface area contributed by atoms with E-state index in [9.17, 15) is 0 Å². The van der Waals surface area contributed by atoms with Crippen LogP contribution in [0.15, 0.2) is 22.7 Å². The van der Waals surface area contributed by atoms with Crippen molar-refractivity contribution in [3.63, 3.8) is 0 Å². The minimum Gasteiger partial charge on any atom is -0.330 e. The summed E-state index contributed by atoms with van der Waals surface area (Å²) in [7, 11) is 0. The molecule has 0 spiro atoms. The van der Waals surface area contributed by atoms with E-state index in [1.165, 1.54) is 15.6 Å². The third-order valence-electron chi connectivity index (χ3n) is 2.56. The number of hydrogen-bond donors (Lipinski definition) is 1. The summed E-state index contributed by atoms with van der Waals surface area (Å²) < 4.78 is 1.18. The number of benzene rings is 1. The first-order valence-corrected chi connectivity index (χ1v) is 5.96. The quantitative estimate of drug-likeness (QED) is 0.877. The molecule has 0 saturated carbocycles. The molecule has 0 aliphatic carbocycles. The average molecular weight is 256 g/mol. The minimum absolute atomic E-state index is 0.558. The Balaban J connectivity index is 2.90. The average Bonchev–Trinajstić information content (AvgIpc) is 2.17. The molecule has 0 amide bonds. The third kappa shape index (κ3) is 3.10. The molecular weight excluding hydrogens is 238 g/mol. The van der Waals surface area contributed by atoms with E-state index in [-0.39, 0.29) is 0 Å². The molecule has 0 bridgehead atoms. The predicted molar refractivity (Wildman–Crippen MR) is 65.6 cm³/mol. The molecule has 1 nitrogen and oxygen atoms in total. The molecule has 2 heteroatoms. The van der Waals surface area contributed by atoms with Gasteiger partial charge in [0.25, 0.3) is 0 Å². The number of hydrogen-bond acceptors (Lipinski definition) is 1. The van der Waals surface area contributed by atoms with Crippen molar-refractivity contribution in [1.29, 1.82) is 0 Å². The largest absolute Gasteiger partial charge is 0.330 e. The maximum atomic E-state index is 5.56. The molecule has 0 aliphatic rings.